The van der Waals surface area contributed by atoms with Crippen molar-refractivity contribution in [2.45, 2.75) is 75.5 Å². The van der Waals surface area contributed by atoms with E-state index in [0.717, 1.165) is 33.1 Å². The summed E-state index contributed by atoms with van der Waals surface area (Å²) >= 11 is 3.34. The normalized spacial score (nSPS) is 24.5. The SMILES string of the molecule is C1CCC(PC2CCCCC2)CC1.[I][Hg]. The van der Waals surface area contributed by atoms with E-state index in [1.54, 1.807) is 25.7 Å². The molecular weight excluding hydrogens is 503 g/mol. The molecule has 2 rings (SSSR count). The molecule has 0 N–H and O–H groups in total. The predicted molar refractivity (Wildman–Crippen MR) is 76.1 cm³/mol. The molecule has 0 aromatic carbocycles. The first-order valence-electron chi connectivity index (χ1n) is 6.48. The van der Waals surface area contributed by atoms with Crippen molar-refractivity contribution in [3.63, 3.8) is 0 Å². The molecule has 0 unspecified atom stereocenters. The van der Waals surface area contributed by atoms with Gasteiger partial charge in [-0.15, -0.1) is 8.58 Å². The van der Waals surface area contributed by atoms with E-state index in [2.05, 4.69) is 17.7 Å². The maximum absolute atomic E-state index is 2.34. The van der Waals surface area contributed by atoms with Crippen LogP contribution in [-0.2, 0) is 21.8 Å². The van der Waals surface area contributed by atoms with E-state index in [1.165, 1.54) is 47.1 Å². The number of hydrogen-bond acceptors (Lipinski definition) is 0. The van der Waals surface area contributed by atoms with E-state index in [4.69, 9.17) is 0 Å². The summed E-state index contributed by atoms with van der Waals surface area (Å²) < 4.78 is 0. The molecule has 2 saturated carbocycles. The third kappa shape index (κ3) is 6.55. The summed E-state index contributed by atoms with van der Waals surface area (Å²) in [5, 5.41) is 0. The van der Waals surface area contributed by atoms with Crippen LogP contribution in [0.2, 0.25) is 0 Å². The average Bonchev–Trinajstić information content (AvgIpc) is 2.34. The van der Waals surface area contributed by atoms with Crippen molar-refractivity contribution in [2.24, 2.45) is 0 Å². The summed E-state index contributed by atoms with van der Waals surface area (Å²) in [7, 11) is 1.33. The van der Waals surface area contributed by atoms with Gasteiger partial charge >= 0.3 is 39.5 Å². The van der Waals surface area contributed by atoms with Crippen LogP contribution < -0.4 is 0 Å². The summed E-state index contributed by atoms with van der Waals surface area (Å²) in [4.78, 5) is 0. The maximum atomic E-state index is 2.34. The third-order valence-corrected chi connectivity index (χ3v) is 5.78. The molecule has 0 saturated heterocycles. The van der Waals surface area contributed by atoms with Crippen molar-refractivity contribution >= 4 is 26.2 Å². The van der Waals surface area contributed by atoms with Gasteiger partial charge in [-0.2, -0.15) is 0 Å². The quantitative estimate of drug-likeness (QED) is 0.264. The Hall–Kier alpha value is 2.10. The fraction of sp³-hybridized carbons (Fsp3) is 1.00. The van der Waals surface area contributed by atoms with E-state index < -0.39 is 0 Å². The second-order valence-corrected chi connectivity index (χ2v) is 6.80. The van der Waals surface area contributed by atoms with Crippen LogP contribution in [-0.4, -0.2) is 11.3 Å². The Balaban J connectivity index is 0.000000531. The van der Waals surface area contributed by atoms with Gasteiger partial charge in [0.15, 0.2) is 0 Å². The second kappa shape index (κ2) is 10.1. The van der Waals surface area contributed by atoms with Gasteiger partial charge in [-0.1, -0.05) is 38.5 Å². The van der Waals surface area contributed by atoms with Crippen LogP contribution in [0.15, 0.2) is 0 Å². The molecule has 0 aromatic heterocycles. The molecule has 0 aromatic rings. The molecule has 0 radical (unpaired) electrons. The second-order valence-electron chi connectivity index (χ2n) is 4.84. The summed E-state index contributed by atoms with van der Waals surface area (Å²) in [6, 6.07) is 0. The predicted octanol–water partition coefficient (Wildman–Crippen LogP) is 5.21. The Kier molecular flexibility index (Phi) is 10.2. The monoisotopic (exact) mass is 527 g/mol. The standard InChI is InChI=1S/C12H23P.Hg.HI/c1-3-7-11(8-4-1)13-12-9-5-2-6-10-12;;/h11-13H,1-10H2;;1H/q;+1;/p-1. The zero-order valence-electron chi connectivity index (χ0n) is 9.81. The van der Waals surface area contributed by atoms with Crippen molar-refractivity contribution in [3.05, 3.63) is 0 Å². The molecule has 0 atom stereocenters. The Bertz CT molecular complexity index is 127. The van der Waals surface area contributed by atoms with Gasteiger partial charge in [0.25, 0.3) is 0 Å². The van der Waals surface area contributed by atoms with Crippen molar-refractivity contribution in [3.8, 4) is 0 Å². The first-order valence-corrected chi connectivity index (χ1v) is 23.1. The molecule has 15 heavy (non-hydrogen) atoms. The fourth-order valence-electron chi connectivity index (χ4n) is 2.87. The molecule has 2 aliphatic rings. The molecular formula is C12H23HgIP. The van der Waals surface area contributed by atoms with E-state index in [9.17, 15) is 0 Å². The van der Waals surface area contributed by atoms with Crippen molar-refractivity contribution in [1.82, 2.24) is 0 Å². The van der Waals surface area contributed by atoms with E-state index in [-0.39, 0.29) is 0 Å². The van der Waals surface area contributed by atoms with E-state index in [0.29, 0.717) is 0 Å². The van der Waals surface area contributed by atoms with Gasteiger partial charge in [-0.25, -0.2) is 0 Å². The van der Waals surface area contributed by atoms with Crippen LogP contribution in [0.5, 0.6) is 0 Å². The number of halogens is 1. The zero-order valence-corrected chi connectivity index (χ0v) is 18.5. The summed E-state index contributed by atoms with van der Waals surface area (Å²) in [6.45, 7) is 0. The minimum atomic E-state index is 0.998. The topological polar surface area (TPSA) is 0 Å². The van der Waals surface area contributed by atoms with Gasteiger partial charge in [0.2, 0.25) is 0 Å². The first-order chi connectivity index (χ1) is 7.45. The van der Waals surface area contributed by atoms with Crippen molar-refractivity contribution in [2.75, 3.05) is 0 Å². The first kappa shape index (κ1) is 15.2. The molecule has 3 heteroatoms. The Labute approximate surface area is 122 Å². The van der Waals surface area contributed by atoms with Gasteiger partial charge in [0.05, 0.1) is 0 Å². The van der Waals surface area contributed by atoms with Gasteiger partial charge in [0.1, 0.15) is 0 Å². The summed E-state index contributed by atoms with van der Waals surface area (Å²) in [5.41, 5.74) is 2.30. The van der Waals surface area contributed by atoms with Gasteiger partial charge in [-0.05, 0) is 37.0 Å². The summed E-state index contributed by atoms with van der Waals surface area (Å²) in [6.07, 6.45) is 15.4. The van der Waals surface area contributed by atoms with Crippen LogP contribution in [0.1, 0.15) is 64.2 Å². The number of hydrogen-bond donors (Lipinski definition) is 0. The van der Waals surface area contributed by atoms with Gasteiger partial charge in [0, 0.05) is 0 Å². The summed E-state index contributed by atoms with van der Waals surface area (Å²) in [5.74, 6) is 0. The zero-order chi connectivity index (χ0) is 10.9. The third-order valence-electron chi connectivity index (χ3n) is 3.68. The van der Waals surface area contributed by atoms with E-state index >= 15 is 0 Å². The fourth-order valence-corrected chi connectivity index (χ4v) is 5.02. The minimum absolute atomic E-state index is 0.998. The molecule has 2 aliphatic carbocycles. The van der Waals surface area contributed by atoms with Gasteiger partial charge in [-0.3, -0.25) is 0 Å². The number of rotatable bonds is 2. The van der Waals surface area contributed by atoms with Crippen molar-refractivity contribution in [1.29, 1.82) is 0 Å². The van der Waals surface area contributed by atoms with Crippen LogP contribution in [0.4, 0.5) is 0 Å². The Morgan fingerprint density at radius 1 is 0.667 bits per heavy atom. The molecule has 0 bridgehead atoms. The molecule has 0 heterocycles. The average molecular weight is 526 g/mol. The van der Waals surface area contributed by atoms with Crippen LogP contribution >= 0.6 is 26.2 Å². The van der Waals surface area contributed by atoms with Crippen molar-refractivity contribution < 1.29 is 21.8 Å². The molecule has 0 amide bonds. The van der Waals surface area contributed by atoms with Gasteiger partial charge < -0.3 is 0 Å². The van der Waals surface area contributed by atoms with E-state index in [1.807, 2.05) is 0 Å². The molecule has 2 fully saturated rings. The molecule has 0 aliphatic heterocycles. The van der Waals surface area contributed by atoms with Crippen LogP contribution in [0, 0.1) is 0 Å². The molecule has 0 spiro atoms. The Morgan fingerprint density at radius 2 is 1.00 bits per heavy atom. The molecule has 85 valence electrons. The molecule has 0 nitrogen and oxygen atoms in total. The van der Waals surface area contributed by atoms with Crippen LogP contribution in [0.3, 0.4) is 0 Å². The Morgan fingerprint density at radius 3 is 1.33 bits per heavy atom. The van der Waals surface area contributed by atoms with Crippen LogP contribution in [0.25, 0.3) is 0 Å².